The first-order valence-electron chi connectivity index (χ1n) is 7.05. The van der Waals surface area contributed by atoms with Crippen LogP contribution >= 0.6 is 0 Å². The van der Waals surface area contributed by atoms with Crippen molar-refractivity contribution in [2.24, 2.45) is 0 Å². The minimum absolute atomic E-state index is 0.0705. The number of rotatable bonds is 4. The van der Waals surface area contributed by atoms with Crippen LogP contribution in [-0.4, -0.2) is 21.1 Å². The molecule has 5 heteroatoms. The maximum Gasteiger partial charge on any atom is 0.269 e. The fourth-order valence-electron chi connectivity index (χ4n) is 2.20. The Morgan fingerprint density at radius 3 is 2.73 bits per heavy atom. The number of aromatic nitrogens is 3. The summed E-state index contributed by atoms with van der Waals surface area (Å²) in [6.45, 7) is 1.95. The zero-order valence-corrected chi connectivity index (χ0v) is 12.2. The first-order valence-corrected chi connectivity index (χ1v) is 7.05. The molecule has 0 aliphatic heterocycles. The number of H-pyrrole nitrogens is 1. The summed E-state index contributed by atoms with van der Waals surface area (Å²) in [6, 6.07) is 15.2. The third kappa shape index (κ3) is 3.03. The predicted molar refractivity (Wildman–Crippen MR) is 84.1 cm³/mol. The van der Waals surface area contributed by atoms with Gasteiger partial charge in [0.25, 0.3) is 5.91 Å². The van der Waals surface area contributed by atoms with Crippen molar-refractivity contribution in [3.8, 4) is 11.3 Å². The SMILES string of the molecule is C[C@H](NC(=O)c1cc(-c2cccnc2)n[nH]1)c1ccccc1. The maximum atomic E-state index is 12.3. The molecule has 3 rings (SSSR count). The summed E-state index contributed by atoms with van der Waals surface area (Å²) in [5.41, 5.74) is 3.06. The van der Waals surface area contributed by atoms with Crippen molar-refractivity contribution >= 4 is 5.91 Å². The first-order chi connectivity index (χ1) is 10.7. The Hall–Kier alpha value is -2.95. The highest BCUT2D eigenvalue weighted by molar-refractivity contribution is 5.93. The van der Waals surface area contributed by atoms with Gasteiger partial charge in [-0.2, -0.15) is 5.10 Å². The van der Waals surface area contributed by atoms with E-state index in [0.29, 0.717) is 11.4 Å². The van der Waals surface area contributed by atoms with Crippen molar-refractivity contribution in [3.05, 3.63) is 72.2 Å². The molecular formula is C17H16N4O. The second-order valence-electron chi connectivity index (χ2n) is 5.01. The summed E-state index contributed by atoms with van der Waals surface area (Å²) in [5, 5.41) is 9.88. The number of nitrogens with zero attached hydrogens (tertiary/aromatic N) is 2. The zero-order valence-electron chi connectivity index (χ0n) is 12.2. The highest BCUT2D eigenvalue weighted by Gasteiger charge is 2.14. The molecule has 0 unspecified atom stereocenters. The Morgan fingerprint density at radius 1 is 1.18 bits per heavy atom. The molecule has 2 heterocycles. The van der Waals surface area contributed by atoms with Crippen LogP contribution in [0.2, 0.25) is 0 Å². The van der Waals surface area contributed by atoms with Gasteiger partial charge in [-0.3, -0.25) is 14.9 Å². The van der Waals surface area contributed by atoms with E-state index in [-0.39, 0.29) is 11.9 Å². The number of pyridine rings is 1. The molecule has 22 heavy (non-hydrogen) atoms. The number of hydrogen-bond acceptors (Lipinski definition) is 3. The van der Waals surface area contributed by atoms with Gasteiger partial charge in [0.05, 0.1) is 11.7 Å². The molecule has 0 spiro atoms. The predicted octanol–water partition coefficient (Wildman–Crippen LogP) is 2.96. The van der Waals surface area contributed by atoms with Crippen LogP contribution in [0.5, 0.6) is 0 Å². The number of hydrogen-bond donors (Lipinski definition) is 2. The van der Waals surface area contributed by atoms with E-state index in [4.69, 9.17) is 0 Å². The molecule has 3 aromatic rings. The van der Waals surface area contributed by atoms with Crippen molar-refractivity contribution in [3.63, 3.8) is 0 Å². The Kier molecular flexibility index (Phi) is 3.96. The Balaban J connectivity index is 1.72. The standard InChI is InChI=1S/C17H16N4O/c1-12(13-6-3-2-4-7-13)19-17(22)16-10-15(20-21-16)14-8-5-9-18-11-14/h2-12H,1H3,(H,19,22)(H,20,21)/t12-/m0/s1. The normalized spacial score (nSPS) is 11.9. The molecule has 0 saturated heterocycles. The van der Waals surface area contributed by atoms with Crippen LogP contribution in [-0.2, 0) is 0 Å². The van der Waals surface area contributed by atoms with Gasteiger partial charge in [-0.15, -0.1) is 0 Å². The van der Waals surface area contributed by atoms with Crippen LogP contribution in [0.3, 0.4) is 0 Å². The van der Waals surface area contributed by atoms with Gasteiger partial charge in [-0.25, -0.2) is 0 Å². The molecule has 0 bridgehead atoms. The van der Waals surface area contributed by atoms with E-state index < -0.39 is 0 Å². The van der Waals surface area contributed by atoms with Gasteiger partial charge in [0.1, 0.15) is 5.69 Å². The number of carbonyl (C=O) groups is 1. The molecule has 0 fully saturated rings. The second-order valence-corrected chi connectivity index (χ2v) is 5.01. The number of nitrogens with one attached hydrogen (secondary N) is 2. The van der Waals surface area contributed by atoms with Gasteiger partial charge in [0, 0.05) is 18.0 Å². The molecule has 5 nitrogen and oxygen atoms in total. The molecule has 1 amide bonds. The molecule has 0 aliphatic rings. The third-order valence-electron chi connectivity index (χ3n) is 3.43. The monoisotopic (exact) mass is 292 g/mol. The summed E-state index contributed by atoms with van der Waals surface area (Å²) in [5.74, 6) is -0.181. The van der Waals surface area contributed by atoms with Crippen molar-refractivity contribution in [2.75, 3.05) is 0 Å². The molecule has 110 valence electrons. The maximum absolute atomic E-state index is 12.3. The van der Waals surface area contributed by atoms with Gasteiger partial charge >= 0.3 is 0 Å². The lowest BCUT2D eigenvalue weighted by Crippen LogP contribution is -2.26. The summed E-state index contributed by atoms with van der Waals surface area (Å²) < 4.78 is 0. The average Bonchev–Trinajstić information content (AvgIpc) is 3.06. The fraction of sp³-hybridized carbons (Fsp3) is 0.118. The quantitative estimate of drug-likeness (QED) is 0.776. The average molecular weight is 292 g/mol. The lowest BCUT2D eigenvalue weighted by Gasteiger charge is -2.13. The number of benzene rings is 1. The summed E-state index contributed by atoms with van der Waals surface area (Å²) in [6.07, 6.45) is 3.41. The zero-order chi connectivity index (χ0) is 15.4. The third-order valence-corrected chi connectivity index (χ3v) is 3.43. The molecule has 1 aromatic carbocycles. The minimum atomic E-state index is -0.181. The van der Waals surface area contributed by atoms with E-state index in [9.17, 15) is 4.79 Å². The number of amides is 1. The molecule has 0 aliphatic carbocycles. The van der Waals surface area contributed by atoms with E-state index in [0.717, 1.165) is 11.1 Å². The smallest absolute Gasteiger partial charge is 0.269 e. The lowest BCUT2D eigenvalue weighted by atomic mass is 10.1. The van der Waals surface area contributed by atoms with Crippen LogP contribution in [0.4, 0.5) is 0 Å². The van der Waals surface area contributed by atoms with Crippen molar-refractivity contribution in [1.29, 1.82) is 0 Å². The summed E-state index contributed by atoms with van der Waals surface area (Å²) in [4.78, 5) is 16.3. The van der Waals surface area contributed by atoms with Crippen LogP contribution in [0.1, 0.15) is 29.0 Å². The van der Waals surface area contributed by atoms with E-state index in [1.54, 1.807) is 18.5 Å². The molecule has 0 saturated carbocycles. The Morgan fingerprint density at radius 2 is 2.00 bits per heavy atom. The molecule has 2 aromatic heterocycles. The van der Waals surface area contributed by atoms with Gasteiger partial charge in [0.15, 0.2) is 0 Å². The van der Waals surface area contributed by atoms with E-state index in [1.165, 1.54) is 0 Å². The highest BCUT2D eigenvalue weighted by atomic mass is 16.2. The van der Waals surface area contributed by atoms with Crippen LogP contribution in [0.25, 0.3) is 11.3 Å². The van der Waals surface area contributed by atoms with E-state index >= 15 is 0 Å². The van der Waals surface area contributed by atoms with Gasteiger partial charge in [0.2, 0.25) is 0 Å². The first kappa shape index (κ1) is 14.0. The van der Waals surface area contributed by atoms with Gasteiger partial charge in [-0.1, -0.05) is 30.3 Å². The van der Waals surface area contributed by atoms with Crippen molar-refractivity contribution in [2.45, 2.75) is 13.0 Å². The topological polar surface area (TPSA) is 70.7 Å². The van der Waals surface area contributed by atoms with E-state index in [2.05, 4.69) is 20.5 Å². The van der Waals surface area contributed by atoms with Crippen LogP contribution in [0, 0.1) is 0 Å². The molecule has 1 atom stereocenters. The lowest BCUT2D eigenvalue weighted by molar-refractivity contribution is 0.0935. The number of aromatic amines is 1. The molecule has 0 radical (unpaired) electrons. The van der Waals surface area contributed by atoms with Gasteiger partial charge in [-0.05, 0) is 30.7 Å². The minimum Gasteiger partial charge on any atom is -0.344 e. The summed E-state index contributed by atoms with van der Waals surface area (Å²) in [7, 11) is 0. The summed E-state index contributed by atoms with van der Waals surface area (Å²) >= 11 is 0. The Labute approximate surface area is 128 Å². The second kappa shape index (κ2) is 6.22. The van der Waals surface area contributed by atoms with Crippen LogP contribution in [0.15, 0.2) is 60.9 Å². The molecular weight excluding hydrogens is 276 g/mol. The highest BCUT2D eigenvalue weighted by Crippen LogP contribution is 2.17. The fourth-order valence-corrected chi connectivity index (χ4v) is 2.20. The Bertz CT molecular complexity index is 753. The number of carbonyl (C=O) groups excluding carboxylic acids is 1. The van der Waals surface area contributed by atoms with Crippen molar-refractivity contribution < 1.29 is 4.79 Å². The molecule has 2 N–H and O–H groups in total. The van der Waals surface area contributed by atoms with E-state index in [1.807, 2.05) is 49.4 Å². The van der Waals surface area contributed by atoms with Crippen molar-refractivity contribution in [1.82, 2.24) is 20.5 Å². The van der Waals surface area contributed by atoms with Crippen LogP contribution < -0.4 is 5.32 Å². The van der Waals surface area contributed by atoms with Gasteiger partial charge < -0.3 is 5.32 Å². The largest absolute Gasteiger partial charge is 0.344 e.